The molecule has 0 aromatic rings. The van der Waals surface area contributed by atoms with Crippen LogP contribution in [0.4, 0.5) is 0 Å². The Morgan fingerprint density at radius 3 is 2.62 bits per heavy atom. The van der Waals surface area contributed by atoms with Gasteiger partial charge in [0.05, 0.1) is 6.61 Å². The van der Waals surface area contributed by atoms with E-state index in [2.05, 4.69) is 0 Å². The number of allylic oxidation sites excluding steroid dienone is 3. The van der Waals surface area contributed by atoms with Crippen LogP contribution in [0, 0.1) is 11.3 Å². The van der Waals surface area contributed by atoms with Crippen molar-refractivity contribution in [3.05, 3.63) is 23.3 Å². The molecule has 0 N–H and O–H groups in total. The summed E-state index contributed by atoms with van der Waals surface area (Å²) in [5, 5.41) is 8.68. The van der Waals surface area contributed by atoms with Gasteiger partial charge in [0.25, 0.3) is 0 Å². The quantitative estimate of drug-likeness (QED) is 0.288. The van der Waals surface area contributed by atoms with E-state index in [0.717, 1.165) is 0 Å². The van der Waals surface area contributed by atoms with Crippen LogP contribution in [0.3, 0.4) is 0 Å². The molecule has 0 saturated carbocycles. The summed E-state index contributed by atoms with van der Waals surface area (Å²) in [6.45, 7) is 5.52. The summed E-state index contributed by atoms with van der Waals surface area (Å²) in [6, 6.07) is 1.83. The minimum absolute atomic E-state index is 0.0694. The lowest BCUT2D eigenvalue weighted by molar-refractivity contribution is -0.138. The van der Waals surface area contributed by atoms with Crippen molar-refractivity contribution in [1.82, 2.24) is 0 Å². The molecular weight excluding hydrogens is 166 g/mol. The largest absolute Gasteiger partial charge is 0.462 e. The molecule has 0 aliphatic carbocycles. The molecule has 0 bridgehead atoms. The minimum atomic E-state index is -0.555. The molecule has 0 spiro atoms. The minimum Gasteiger partial charge on any atom is -0.462 e. The van der Waals surface area contributed by atoms with Gasteiger partial charge in [0.2, 0.25) is 0 Å². The van der Waals surface area contributed by atoms with Crippen LogP contribution in [-0.4, -0.2) is 12.6 Å². The number of carbonyl (C=O) groups is 1. The van der Waals surface area contributed by atoms with Crippen LogP contribution in [0.5, 0.6) is 0 Å². The average Bonchev–Trinajstić information content (AvgIpc) is 2.06. The molecule has 0 aromatic carbocycles. The van der Waals surface area contributed by atoms with E-state index in [1.54, 1.807) is 26.0 Å². The second-order valence-corrected chi connectivity index (χ2v) is 2.39. The Labute approximate surface area is 78.3 Å². The van der Waals surface area contributed by atoms with E-state index in [1.165, 1.54) is 0 Å². The van der Waals surface area contributed by atoms with E-state index in [0.29, 0.717) is 5.57 Å². The number of rotatable bonds is 3. The predicted octanol–water partition coefficient (Wildman–Crippen LogP) is 1.97. The SMILES string of the molecule is C/C=C/C(C)=C(/C#N)C(=O)OCC. The van der Waals surface area contributed by atoms with E-state index in [9.17, 15) is 4.79 Å². The van der Waals surface area contributed by atoms with Gasteiger partial charge in [-0.05, 0) is 26.3 Å². The van der Waals surface area contributed by atoms with Crippen molar-refractivity contribution in [2.45, 2.75) is 20.8 Å². The molecule has 0 atom stereocenters. The summed E-state index contributed by atoms with van der Waals surface area (Å²) in [5.41, 5.74) is 0.698. The van der Waals surface area contributed by atoms with Crippen LogP contribution in [0.15, 0.2) is 23.3 Å². The molecule has 0 saturated heterocycles. The highest BCUT2D eigenvalue weighted by Gasteiger charge is 2.11. The maximum Gasteiger partial charge on any atom is 0.349 e. The molecule has 0 fully saturated rings. The summed E-state index contributed by atoms with van der Waals surface area (Å²) in [6.07, 6.45) is 3.47. The molecule has 0 aliphatic rings. The Kier molecular flexibility index (Phi) is 5.29. The van der Waals surface area contributed by atoms with Crippen LogP contribution in [0.2, 0.25) is 0 Å². The van der Waals surface area contributed by atoms with Gasteiger partial charge in [0.1, 0.15) is 11.6 Å². The molecule has 70 valence electrons. The van der Waals surface area contributed by atoms with Crippen LogP contribution < -0.4 is 0 Å². The molecule has 0 unspecified atom stereocenters. The fraction of sp³-hybridized carbons (Fsp3) is 0.400. The van der Waals surface area contributed by atoms with E-state index in [4.69, 9.17) is 10.00 Å². The van der Waals surface area contributed by atoms with Crippen molar-refractivity contribution in [3.8, 4) is 6.07 Å². The molecule has 0 aromatic heterocycles. The van der Waals surface area contributed by atoms with Gasteiger partial charge in [-0.3, -0.25) is 0 Å². The zero-order valence-electron chi connectivity index (χ0n) is 8.13. The number of hydrogen-bond acceptors (Lipinski definition) is 3. The number of esters is 1. The molecule has 0 amide bonds. The highest BCUT2D eigenvalue weighted by Crippen LogP contribution is 2.06. The second kappa shape index (κ2) is 6.01. The fourth-order valence-corrected chi connectivity index (χ4v) is 0.831. The number of ether oxygens (including phenoxy) is 1. The molecule has 0 rings (SSSR count). The van der Waals surface area contributed by atoms with Crippen LogP contribution in [0.1, 0.15) is 20.8 Å². The average molecular weight is 179 g/mol. The number of hydrogen-bond donors (Lipinski definition) is 0. The normalized spacial score (nSPS) is 12.2. The lowest BCUT2D eigenvalue weighted by atomic mass is 10.1. The third-order valence-corrected chi connectivity index (χ3v) is 1.40. The maximum absolute atomic E-state index is 11.2. The van der Waals surface area contributed by atoms with E-state index in [-0.39, 0.29) is 12.2 Å². The van der Waals surface area contributed by atoms with Crippen LogP contribution >= 0.6 is 0 Å². The highest BCUT2D eigenvalue weighted by molar-refractivity contribution is 5.94. The summed E-state index contributed by atoms with van der Waals surface area (Å²) in [5.74, 6) is -0.555. The first-order valence-electron chi connectivity index (χ1n) is 4.08. The first-order chi connectivity index (χ1) is 6.17. The molecule has 0 heterocycles. The lowest BCUT2D eigenvalue weighted by Crippen LogP contribution is -2.07. The molecule has 0 radical (unpaired) electrons. The van der Waals surface area contributed by atoms with E-state index in [1.807, 2.05) is 13.0 Å². The van der Waals surface area contributed by atoms with Crippen molar-refractivity contribution in [3.63, 3.8) is 0 Å². The van der Waals surface area contributed by atoms with Gasteiger partial charge in [-0.2, -0.15) is 5.26 Å². The molecule has 13 heavy (non-hydrogen) atoms. The van der Waals surface area contributed by atoms with Gasteiger partial charge >= 0.3 is 5.97 Å². The summed E-state index contributed by atoms with van der Waals surface area (Å²) in [4.78, 5) is 11.2. The Balaban J connectivity index is 4.79. The van der Waals surface area contributed by atoms with Crippen molar-refractivity contribution in [1.29, 1.82) is 5.26 Å². The molecular formula is C10H13NO2. The monoisotopic (exact) mass is 179 g/mol. The van der Waals surface area contributed by atoms with E-state index < -0.39 is 5.97 Å². The predicted molar refractivity (Wildman–Crippen MR) is 49.8 cm³/mol. The molecule has 3 heteroatoms. The Morgan fingerprint density at radius 1 is 1.62 bits per heavy atom. The Bertz CT molecular complexity index is 282. The van der Waals surface area contributed by atoms with E-state index >= 15 is 0 Å². The van der Waals surface area contributed by atoms with Gasteiger partial charge in [-0.25, -0.2) is 4.79 Å². The zero-order valence-corrected chi connectivity index (χ0v) is 8.13. The topological polar surface area (TPSA) is 50.1 Å². The Hall–Kier alpha value is -1.56. The smallest absolute Gasteiger partial charge is 0.349 e. The lowest BCUT2D eigenvalue weighted by Gasteiger charge is -2.00. The molecule has 3 nitrogen and oxygen atoms in total. The fourth-order valence-electron chi connectivity index (χ4n) is 0.831. The third kappa shape index (κ3) is 3.57. The third-order valence-electron chi connectivity index (χ3n) is 1.40. The van der Waals surface area contributed by atoms with Gasteiger partial charge in [0.15, 0.2) is 0 Å². The standard InChI is InChI=1S/C10H13NO2/c1-4-6-8(3)9(7-11)10(12)13-5-2/h4,6H,5H2,1-3H3/b6-4+,9-8-. The van der Waals surface area contributed by atoms with Gasteiger partial charge in [-0.15, -0.1) is 0 Å². The summed E-state index contributed by atoms with van der Waals surface area (Å²) >= 11 is 0. The number of carbonyl (C=O) groups excluding carboxylic acids is 1. The maximum atomic E-state index is 11.2. The summed E-state index contributed by atoms with van der Waals surface area (Å²) in [7, 11) is 0. The van der Waals surface area contributed by atoms with Crippen LogP contribution in [0.25, 0.3) is 0 Å². The van der Waals surface area contributed by atoms with Gasteiger partial charge < -0.3 is 4.74 Å². The number of nitriles is 1. The zero-order chi connectivity index (χ0) is 10.3. The first kappa shape index (κ1) is 11.4. The molecule has 0 aliphatic heterocycles. The first-order valence-corrected chi connectivity index (χ1v) is 4.08. The Morgan fingerprint density at radius 2 is 2.23 bits per heavy atom. The van der Waals surface area contributed by atoms with Crippen molar-refractivity contribution < 1.29 is 9.53 Å². The number of nitrogens with zero attached hydrogens (tertiary/aromatic N) is 1. The summed E-state index contributed by atoms with van der Waals surface area (Å²) < 4.78 is 4.71. The van der Waals surface area contributed by atoms with Crippen molar-refractivity contribution in [2.75, 3.05) is 6.61 Å². The van der Waals surface area contributed by atoms with Gasteiger partial charge in [-0.1, -0.05) is 12.2 Å². The van der Waals surface area contributed by atoms with Crippen molar-refractivity contribution in [2.24, 2.45) is 0 Å². The van der Waals surface area contributed by atoms with Crippen molar-refractivity contribution >= 4 is 5.97 Å². The highest BCUT2D eigenvalue weighted by atomic mass is 16.5. The second-order valence-electron chi connectivity index (χ2n) is 2.39. The van der Waals surface area contributed by atoms with Gasteiger partial charge in [0, 0.05) is 0 Å². The van der Waals surface area contributed by atoms with Crippen LogP contribution in [-0.2, 0) is 9.53 Å².